The fourth-order valence-corrected chi connectivity index (χ4v) is 0.852. The largest absolute Gasteiger partial charge is 0.481 e. The van der Waals surface area contributed by atoms with E-state index in [9.17, 15) is 4.79 Å². The van der Waals surface area contributed by atoms with Gasteiger partial charge in [0, 0.05) is 12.3 Å². The average Bonchev–Trinajstić information content (AvgIpc) is 2.51. The number of aromatic amines is 1. The molecule has 0 fully saturated rings. The molecule has 1 aromatic rings. The Labute approximate surface area is 69.0 Å². The van der Waals surface area contributed by atoms with Crippen LogP contribution in [0.2, 0.25) is 0 Å². The summed E-state index contributed by atoms with van der Waals surface area (Å²) >= 11 is 0. The maximum Gasteiger partial charge on any atom is 0.303 e. The Bertz CT molecular complexity index is 246. The molecule has 1 heterocycles. The van der Waals surface area contributed by atoms with E-state index < -0.39 is 5.97 Å². The van der Waals surface area contributed by atoms with Crippen LogP contribution in [0.1, 0.15) is 31.5 Å². The average molecular weight is 170 g/mol. The molecule has 0 aliphatic rings. The van der Waals surface area contributed by atoms with Crippen molar-refractivity contribution in [2.24, 2.45) is 0 Å². The summed E-state index contributed by atoms with van der Waals surface area (Å²) in [7, 11) is 0. The predicted molar refractivity (Wildman–Crippen MR) is 39.5 cm³/mol. The van der Waals surface area contributed by atoms with Crippen LogP contribution in [-0.4, -0.2) is 31.7 Å². The minimum absolute atomic E-state index is 0.0658. The number of tetrazole rings is 1. The number of carboxylic acids is 1. The fourth-order valence-electron chi connectivity index (χ4n) is 0.852. The summed E-state index contributed by atoms with van der Waals surface area (Å²) in [4.78, 5) is 10.2. The SMILES string of the molecule is C[C@@H](CCC(=O)O)c1nnn[nH]1. The summed E-state index contributed by atoms with van der Waals surface area (Å²) in [5, 5.41) is 21.5. The highest BCUT2D eigenvalue weighted by Crippen LogP contribution is 2.14. The van der Waals surface area contributed by atoms with Crippen molar-refractivity contribution in [3.63, 3.8) is 0 Å². The minimum atomic E-state index is -0.797. The van der Waals surface area contributed by atoms with Gasteiger partial charge in [0.05, 0.1) is 0 Å². The van der Waals surface area contributed by atoms with E-state index in [1.54, 1.807) is 0 Å². The summed E-state index contributed by atoms with van der Waals surface area (Å²) < 4.78 is 0. The second kappa shape index (κ2) is 3.80. The number of H-pyrrole nitrogens is 1. The monoisotopic (exact) mass is 170 g/mol. The Kier molecular flexibility index (Phi) is 2.73. The summed E-state index contributed by atoms with van der Waals surface area (Å²) in [6, 6.07) is 0. The van der Waals surface area contributed by atoms with Crippen molar-refractivity contribution in [1.29, 1.82) is 0 Å². The van der Waals surface area contributed by atoms with E-state index in [1.807, 2.05) is 6.92 Å². The maximum absolute atomic E-state index is 10.2. The van der Waals surface area contributed by atoms with Gasteiger partial charge in [-0.2, -0.15) is 0 Å². The van der Waals surface area contributed by atoms with Gasteiger partial charge in [0.15, 0.2) is 5.82 Å². The predicted octanol–water partition coefficient (Wildman–Crippen LogP) is 0.168. The van der Waals surface area contributed by atoms with E-state index in [4.69, 9.17) is 5.11 Å². The number of aromatic nitrogens is 4. The number of hydrogen-bond acceptors (Lipinski definition) is 4. The lowest BCUT2D eigenvalue weighted by Crippen LogP contribution is -2.01. The van der Waals surface area contributed by atoms with Gasteiger partial charge in [-0.05, 0) is 16.8 Å². The highest BCUT2D eigenvalue weighted by atomic mass is 16.4. The van der Waals surface area contributed by atoms with E-state index in [0.29, 0.717) is 12.2 Å². The van der Waals surface area contributed by atoms with Crippen LogP contribution in [-0.2, 0) is 4.79 Å². The van der Waals surface area contributed by atoms with Crippen molar-refractivity contribution in [2.75, 3.05) is 0 Å². The van der Waals surface area contributed by atoms with Crippen LogP contribution in [0, 0.1) is 0 Å². The third kappa shape index (κ3) is 2.30. The van der Waals surface area contributed by atoms with Crippen molar-refractivity contribution < 1.29 is 9.90 Å². The van der Waals surface area contributed by atoms with E-state index in [2.05, 4.69) is 20.6 Å². The zero-order chi connectivity index (χ0) is 8.97. The van der Waals surface area contributed by atoms with Gasteiger partial charge in [-0.3, -0.25) is 4.79 Å². The Morgan fingerprint density at radius 1 is 1.75 bits per heavy atom. The zero-order valence-corrected chi connectivity index (χ0v) is 6.69. The van der Waals surface area contributed by atoms with E-state index in [-0.39, 0.29) is 12.3 Å². The van der Waals surface area contributed by atoms with E-state index in [1.165, 1.54) is 0 Å². The van der Waals surface area contributed by atoms with Crippen molar-refractivity contribution >= 4 is 5.97 Å². The maximum atomic E-state index is 10.2. The summed E-state index contributed by atoms with van der Waals surface area (Å²) in [6.07, 6.45) is 0.689. The smallest absolute Gasteiger partial charge is 0.303 e. The molecule has 1 aromatic heterocycles. The van der Waals surface area contributed by atoms with Gasteiger partial charge < -0.3 is 5.11 Å². The van der Waals surface area contributed by atoms with E-state index in [0.717, 1.165) is 0 Å². The Hall–Kier alpha value is -1.46. The van der Waals surface area contributed by atoms with Crippen LogP contribution >= 0.6 is 0 Å². The van der Waals surface area contributed by atoms with Gasteiger partial charge in [-0.15, -0.1) is 5.10 Å². The Morgan fingerprint density at radius 3 is 3.00 bits per heavy atom. The molecule has 0 saturated carbocycles. The number of nitrogens with zero attached hydrogens (tertiary/aromatic N) is 3. The highest BCUT2D eigenvalue weighted by Gasteiger charge is 2.10. The Morgan fingerprint density at radius 2 is 2.50 bits per heavy atom. The third-order valence-corrected chi connectivity index (χ3v) is 1.62. The molecule has 0 spiro atoms. The number of nitrogens with one attached hydrogen (secondary N) is 1. The molecular formula is C6H10N4O2. The standard InChI is InChI=1S/C6H10N4O2/c1-4(2-3-5(11)12)6-7-9-10-8-6/h4H,2-3H2,1H3,(H,11,12)(H,7,8,9,10)/t4-/m0/s1. The van der Waals surface area contributed by atoms with Crippen LogP contribution in [0.3, 0.4) is 0 Å². The van der Waals surface area contributed by atoms with Gasteiger partial charge in [-0.1, -0.05) is 6.92 Å². The molecule has 0 aliphatic heterocycles. The lowest BCUT2D eigenvalue weighted by atomic mass is 10.1. The van der Waals surface area contributed by atoms with Crippen LogP contribution in [0.15, 0.2) is 0 Å². The molecule has 6 nitrogen and oxygen atoms in total. The second-order valence-corrected chi connectivity index (χ2v) is 2.62. The van der Waals surface area contributed by atoms with Crippen LogP contribution in [0.4, 0.5) is 0 Å². The molecular weight excluding hydrogens is 160 g/mol. The van der Waals surface area contributed by atoms with Gasteiger partial charge in [0.1, 0.15) is 0 Å². The van der Waals surface area contributed by atoms with Gasteiger partial charge in [0.25, 0.3) is 0 Å². The Balaban J connectivity index is 2.39. The van der Waals surface area contributed by atoms with Crippen molar-refractivity contribution in [3.05, 3.63) is 5.82 Å². The first-order valence-corrected chi connectivity index (χ1v) is 3.65. The van der Waals surface area contributed by atoms with Gasteiger partial charge in [-0.25, -0.2) is 5.10 Å². The number of carboxylic acid groups (broad SMARTS) is 1. The summed E-state index contributed by atoms with van der Waals surface area (Å²) in [6.45, 7) is 1.88. The van der Waals surface area contributed by atoms with Crippen molar-refractivity contribution in [3.8, 4) is 0 Å². The summed E-state index contributed by atoms with van der Waals surface area (Å²) in [5.74, 6) is -0.0957. The molecule has 2 N–H and O–H groups in total. The van der Waals surface area contributed by atoms with E-state index >= 15 is 0 Å². The number of aliphatic carboxylic acids is 1. The molecule has 0 radical (unpaired) electrons. The van der Waals surface area contributed by atoms with Crippen molar-refractivity contribution in [2.45, 2.75) is 25.7 Å². The molecule has 12 heavy (non-hydrogen) atoms. The molecule has 0 unspecified atom stereocenters. The van der Waals surface area contributed by atoms with Gasteiger partial charge >= 0.3 is 5.97 Å². The van der Waals surface area contributed by atoms with Crippen LogP contribution in [0.5, 0.6) is 0 Å². The van der Waals surface area contributed by atoms with Gasteiger partial charge in [0.2, 0.25) is 0 Å². The normalized spacial score (nSPS) is 12.8. The number of hydrogen-bond donors (Lipinski definition) is 2. The first-order valence-electron chi connectivity index (χ1n) is 3.65. The number of carbonyl (C=O) groups is 1. The molecule has 0 aromatic carbocycles. The molecule has 1 atom stereocenters. The first-order chi connectivity index (χ1) is 5.70. The van der Waals surface area contributed by atoms with Crippen LogP contribution in [0.25, 0.3) is 0 Å². The lowest BCUT2D eigenvalue weighted by molar-refractivity contribution is -0.137. The first kappa shape index (κ1) is 8.63. The lowest BCUT2D eigenvalue weighted by Gasteiger charge is -2.03. The second-order valence-electron chi connectivity index (χ2n) is 2.62. The number of rotatable bonds is 4. The third-order valence-electron chi connectivity index (χ3n) is 1.62. The fraction of sp³-hybridized carbons (Fsp3) is 0.667. The molecule has 0 bridgehead atoms. The quantitative estimate of drug-likeness (QED) is 0.671. The van der Waals surface area contributed by atoms with Crippen molar-refractivity contribution in [1.82, 2.24) is 20.6 Å². The molecule has 66 valence electrons. The molecule has 6 heteroatoms. The minimum Gasteiger partial charge on any atom is -0.481 e. The highest BCUT2D eigenvalue weighted by molar-refractivity contribution is 5.66. The summed E-state index contributed by atoms with van der Waals surface area (Å²) in [5.41, 5.74) is 0. The molecule has 0 aliphatic carbocycles. The topological polar surface area (TPSA) is 91.8 Å². The molecule has 0 amide bonds. The van der Waals surface area contributed by atoms with Crippen LogP contribution < -0.4 is 0 Å². The zero-order valence-electron chi connectivity index (χ0n) is 6.69. The molecule has 0 saturated heterocycles. The molecule has 1 rings (SSSR count).